The molecule has 0 atom stereocenters. The van der Waals surface area contributed by atoms with Crippen LogP contribution in [0.2, 0.25) is 0 Å². The van der Waals surface area contributed by atoms with Gasteiger partial charge in [-0.25, -0.2) is 13.4 Å². The molecule has 20 heavy (non-hydrogen) atoms. The van der Waals surface area contributed by atoms with Crippen molar-refractivity contribution in [1.82, 2.24) is 15.1 Å². The van der Waals surface area contributed by atoms with Crippen LogP contribution < -0.4 is 4.68 Å². The summed E-state index contributed by atoms with van der Waals surface area (Å²) in [5.41, 5.74) is 1.43. The van der Waals surface area contributed by atoms with Gasteiger partial charge in [0, 0.05) is 11.6 Å². The lowest BCUT2D eigenvalue weighted by atomic mass is 10.2. The number of nitrogens with zero attached hydrogens (tertiary/aromatic N) is 5. The zero-order chi connectivity index (χ0) is 14.6. The summed E-state index contributed by atoms with van der Waals surface area (Å²) in [5.74, 6) is -0.513. The number of rotatable bonds is 4. The molecule has 0 amide bonds. The molecule has 2 aromatic rings. The molecule has 102 valence electrons. The second-order valence-corrected chi connectivity index (χ2v) is 5.36. The van der Waals surface area contributed by atoms with Gasteiger partial charge in [-0.2, -0.15) is 5.26 Å². The van der Waals surface area contributed by atoms with Crippen LogP contribution in [0.3, 0.4) is 0 Å². The van der Waals surface area contributed by atoms with Gasteiger partial charge >= 0.3 is 0 Å². The number of hydrogen-bond donors (Lipinski definition) is 0. The standard InChI is InChI=1S/C11H9N5O3S/c12-5-10-7-14-11(8-13-10)9-1-2-16(15-6-9)3-4-20(17,18)19/h1-2,6-8H,3-4H2. The van der Waals surface area contributed by atoms with E-state index in [9.17, 15) is 13.0 Å². The molecular weight excluding hydrogens is 282 g/mol. The average Bonchev–Trinajstić information content (AvgIpc) is 2.45. The van der Waals surface area contributed by atoms with Crippen molar-refractivity contribution in [1.29, 1.82) is 5.26 Å². The number of aryl methyl sites for hydroxylation is 1. The van der Waals surface area contributed by atoms with E-state index in [2.05, 4.69) is 15.1 Å². The Morgan fingerprint density at radius 3 is 2.60 bits per heavy atom. The maximum absolute atomic E-state index is 10.5. The molecule has 0 fully saturated rings. The van der Waals surface area contributed by atoms with Gasteiger partial charge in [0.15, 0.2) is 18.4 Å². The first-order valence-electron chi connectivity index (χ1n) is 5.50. The molecular formula is C11H9N5O3S. The summed E-state index contributed by atoms with van der Waals surface area (Å²) in [4.78, 5) is 7.94. The molecule has 8 nitrogen and oxygen atoms in total. The predicted octanol–water partition coefficient (Wildman–Crippen LogP) is -0.757. The van der Waals surface area contributed by atoms with Gasteiger partial charge in [-0.3, -0.25) is 4.98 Å². The van der Waals surface area contributed by atoms with Crippen LogP contribution in [0, 0.1) is 11.3 Å². The van der Waals surface area contributed by atoms with Crippen molar-refractivity contribution < 1.29 is 17.7 Å². The van der Waals surface area contributed by atoms with E-state index in [0.717, 1.165) is 0 Å². The summed E-state index contributed by atoms with van der Waals surface area (Å²) >= 11 is 0. The van der Waals surface area contributed by atoms with Crippen molar-refractivity contribution in [2.24, 2.45) is 0 Å². The Bertz CT molecular complexity index is 735. The van der Waals surface area contributed by atoms with Crippen LogP contribution in [0.1, 0.15) is 5.69 Å². The maximum atomic E-state index is 10.5. The highest BCUT2D eigenvalue weighted by Gasteiger charge is 2.08. The Balaban J connectivity index is 2.13. The normalized spacial score (nSPS) is 11.0. The van der Waals surface area contributed by atoms with Gasteiger partial charge in [0.25, 0.3) is 0 Å². The van der Waals surface area contributed by atoms with Crippen molar-refractivity contribution in [2.75, 3.05) is 5.75 Å². The molecule has 0 spiro atoms. The number of aromatic nitrogens is 4. The van der Waals surface area contributed by atoms with E-state index in [1.807, 2.05) is 6.07 Å². The van der Waals surface area contributed by atoms with E-state index < -0.39 is 15.9 Å². The van der Waals surface area contributed by atoms with Crippen LogP contribution in [-0.4, -0.2) is 33.8 Å². The summed E-state index contributed by atoms with van der Waals surface area (Å²) in [7, 11) is -4.26. The van der Waals surface area contributed by atoms with Gasteiger partial charge in [-0.05, 0) is 5.10 Å². The molecule has 0 aliphatic rings. The molecule has 2 rings (SSSR count). The molecule has 0 radical (unpaired) electrons. The largest absolute Gasteiger partial charge is 0.748 e. The Kier molecular flexibility index (Phi) is 3.97. The minimum absolute atomic E-state index is 0.00877. The van der Waals surface area contributed by atoms with Crippen LogP contribution in [-0.2, 0) is 16.7 Å². The number of nitriles is 1. The quantitative estimate of drug-likeness (QED) is 0.535. The van der Waals surface area contributed by atoms with Crippen molar-refractivity contribution in [2.45, 2.75) is 6.54 Å². The van der Waals surface area contributed by atoms with Crippen LogP contribution in [0.15, 0.2) is 30.9 Å². The minimum atomic E-state index is -4.26. The second-order valence-electron chi connectivity index (χ2n) is 3.84. The molecule has 2 heterocycles. The summed E-state index contributed by atoms with van der Waals surface area (Å²) < 4.78 is 32.9. The molecule has 0 unspecified atom stereocenters. The molecule has 0 aliphatic carbocycles. The van der Waals surface area contributed by atoms with Crippen LogP contribution in [0.5, 0.6) is 0 Å². The fraction of sp³-hybridized carbons (Fsp3) is 0.182. The van der Waals surface area contributed by atoms with Gasteiger partial charge in [0.2, 0.25) is 0 Å². The Morgan fingerprint density at radius 2 is 2.10 bits per heavy atom. The Morgan fingerprint density at radius 1 is 1.30 bits per heavy atom. The van der Waals surface area contributed by atoms with E-state index in [0.29, 0.717) is 11.3 Å². The SMILES string of the molecule is N#Cc1cnc(-c2cc[n+](CCS(=O)(=O)[O-])nc2)cn1. The Labute approximate surface area is 115 Å². The second kappa shape index (κ2) is 5.68. The summed E-state index contributed by atoms with van der Waals surface area (Å²) in [6.07, 6.45) is 5.82. The zero-order valence-corrected chi connectivity index (χ0v) is 11.0. The fourth-order valence-electron chi connectivity index (χ4n) is 1.41. The van der Waals surface area contributed by atoms with Gasteiger partial charge in [-0.15, -0.1) is 0 Å². The third-order valence-corrected chi connectivity index (χ3v) is 3.09. The van der Waals surface area contributed by atoms with Gasteiger partial charge in [0.05, 0.1) is 23.8 Å². The third kappa shape index (κ3) is 3.78. The summed E-state index contributed by atoms with van der Waals surface area (Å²) in [6.45, 7) is -0.00877. The van der Waals surface area contributed by atoms with Crippen LogP contribution >= 0.6 is 0 Å². The average molecular weight is 291 g/mol. The lowest BCUT2D eigenvalue weighted by Crippen LogP contribution is -2.40. The molecule has 0 aliphatic heterocycles. The first-order valence-corrected chi connectivity index (χ1v) is 7.07. The highest BCUT2D eigenvalue weighted by molar-refractivity contribution is 7.85. The molecule has 0 saturated carbocycles. The fourth-order valence-corrected chi connectivity index (χ4v) is 1.82. The smallest absolute Gasteiger partial charge is 0.197 e. The predicted molar refractivity (Wildman–Crippen MR) is 64.7 cm³/mol. The molecule has 9 heteroatoms. The number of hydrogen-bond acceptors (Lipinski definition) is 7. The lowest BCUT2D eigenvalue weighted by Gasteiger charge is -2.02. The van der Waals surface area contributed by atoms with E-state index in [-0.39, 0.29) is 12.2 Å². The zero-order valence-electron chi connectivity index (χ0n) is 10.2. The highest BCUT2D eigenvalue weighted by Crippen LogP contribution is 2.12. The van der Waals surface area contributed by atoms with E-state index in [1.54, 1.807) is 12.3 Å². The molecule has 0 N–H and O–H groups in total. The van der Waals surface area contributed by atoms with E-state index in [4.69, 9.17) is 5.26 Å². The molecule has 0 aromatic carbocycles. The van der Waals surface area contributed by atoms with Gasteiger partial charge < -0.3 is 4.55 Å². The van der Waals surface area contributed by atoms with Crippen molar-refractivity contribution in [3.63, 3.8) is 0 Å². The van der Waals surface area contributed by atoms with Gasteiger partial charge in [0.1, 0.15) is 22.4 Å². The maximum Gasteiger partial charge on any atom is 0.197 e. The summed E-state index contributed by atoms with van der Waals surface area (Å²) in [5, 5.41) is 12.6. The van der Waals surface area contributed by atoms with E-state index >= 15 is 0 Å². The lowest BCUT2D eigenvalue weighted by molar-refractivity contribution is -0.750. The van der Waals surface area contributed by atoms with E-state index in [1.165, 1.54) is 23.3 Å². The highest BCUT2D eigenvalue weighted by atomic mass is 32.2. The molecule has 0 bridgehead atoms. The van der Waals surface area contributed by atoms with Crippen molar-refractivity contribution in [3.05, 3.63) is 36.5 Å². The molecule has 2 aromatic heterocycles. The van der Waals surface area contributed by atoms with Crippen LogP contribution in [0.4, 0.5) is 0 Å². The first kappa shape index (κ1) is 14.0. The first-order chi connectivity index (χ1) is 9.48. The third-order valence-electron chi connectivity index (χ3n) is 2.40. The van der Waals surface area contributed by atoms with Crippen molar-refractivity contribution in [3.8, 4) is 17.3 Å². The molecule has 0 saturated heterocycles. The van der Waals surface area contributed by atoms with Gasteiger partial charge in [-0.1, -0.05) is 4.68 Å². The minimum Gasteiger partial charge on any atom is -0.748 e. The summed E-state index contributed by atoms with van der Waals surface area (Å²) in [6, 6.07) is 3.53. The Hall–Kier alpha value is -2.44. The van der Waals surface area contributed by atoms with Crippen LogP contribution in [0.25, 0.3) is 11.3 Å². The van der Waals surface area contributed by atoms with Crippen molar-refractivity contribution >= 4 is 10.1 Å². The monoisotopic (exact) mass is 291 g/mol. The topological polar surface area (TPSA) is 124 Å².